The Balaban J connectivity index is 2.02. The Morgan fingerprint density at radius 3 is 2.76 bits per heavy atom. The number of pyridine rings is 2. The maximum atomic E-state index is 10.8. The highest BCUT2D eigenvalue weighted by Crippen LogP contribution is 2.26. The van der Waals surface area contributed by atoms with Gasteiger partial charge in [-0.2, -0.15) is 0 Å². The third-order valence-corrected chi connectivity index (χ3v) is 4.34. The molecule has 1 aliphatic carbocycles. The molecule has 25 heavy (non-hydrogen) atoms. The topological polar surface area (TPSA) is 89.2 Å². The third-order valence-electron chi connectivity index (χ3n) is 4.34. The minimum atomic E-state index is -1.04. The number of fused-ring (bicyclic) bond motifs is 2. The number of hydrogen-bond acceptors (Lipinski definition) is 5. The van der Waals surface area contributed by atoms with Gasteiger partial charge in [-0.3, -0.25) is 0 Å². The van der Waals surface area contributed by atoms with E-state index in [4.69, 9.17) is 0 Å². The number of aromatic nitrogens is 2. The van der Waals surface area contributed by atoms with Crippen molar-refractivity contribution in [1.29, 1.82) is 0 Å². The van der Waals surface area contributed by atoms with Crippen molar-refractivity contribution < 1.29 is 10.0 Å². The van der Waals surface area contributed by atoms with E-state index < -0.39 is 10.5 Å². The van der Waals surface area contributed by atoms with Gasteiger partial charge in [0, 0.05) is 28.7 Å². The van der Waals surface area contributed by atoms with E-state index in [2.05, 4.69) is 9.97 Å². The van der Waals surface area contributed by atoms with Crippen LogP contribution in [0.3, 0.4) is 0 Å². The van der Waals surface area contributed by atoms with Crippen LogP contribution in [0.5, 0.6) is 0 Å². The summed E-state index contributed by atoms with van der Waals surface area (Å²) in [6.45, 7) is 1.73. The Morgan fingerprint density at radius 1 is 1.24 bits per heavy atom. The largest absolute Gasteiger partial charge is 0.386 e. The van der Waals surface area contributed by atoms with Crippen LogP contribution >= 0.6 is 0 Å². The summed E-state index contributed by atoms with van der Waals surface area (Å²) < 4.78 is 0. The standard InChI is InChI=1S/C19H15N3O3/c1-19(23)9-15(13-6-7-18(20-11-13)22(24)25)14-8-12-4-2-3-5-16(12)21-17(14)10-19/h2-8,10-11,23H,9H2,1H3. The smallest absolute Gasteiger partial charge is 0.363 e. The summed E-state index contributed by atoms with van der Waals surface area (Å²) in [5, 5.41) is 24.1. The molecule has 0 saturated heterocycles. The summed E-state index contributed by atoms with van der Waals surface area (Å²) in [7, 11) is 0. The predicted molar refractivity (Wildman–Crippen MR) is 94.1 cm³/mol. The third kappa shape index (κ3) is 2.77. The van der Waals surface area contributed by atoms with Gasteiger partial charge in [-0.25, -0.2) is 4.98 Å². The molecule has 6 nitrogen and oxygen atoms in total. The van der Waals surface area contributed by atoms with Crippen LogP contribution in [0.15, 0.2) is 48.7 Å². The van der Waals surface area contributed by atoms with Gasteiger partial charge in [0.1, 0.15) is 6.20 Å². The van der Waals surface area contributed by atoms with Crippen molar-refractivity contribution in [2.45, 2.75) is 18.9 Å². The molecule has 3 aromatic rings. The van der Waals surface area contributed by atoms with Crippen LogP contribution in [-0.2, 0) is 0 Å². The molecule has 1 aliphatic rings. The van der Waals surface area contributed by atoms with Gasteiger partial charge in [0.05, 0.1) is 16.5 Å². The van der Waals surface area contributed by atoms with Gasteiger partial charge in [0.15, 0.2) is 0 Å². The summed E-state index contributed by atoms with van der Waals surface area (Å²) in [4.78, 5) is 18.9. The minimum Gasteiger partial charge on any atom is -0.386 e. The highest BCUT2D eigenvalue weighted by atomic mass is 16.6. The molecule has 124 valence electrons. The second kappa shape index (κ2) is 5.46. The molecule has 1 atom stereocenters. The molecule has 0 radical (unpaired) electrons. The molecular formula is C19H15N3O3. The first kappa shape index (κ1) is 15.4. The Kier molecular flexibility index (Phi) is 3.36. The quantitative estimate of drug-likeness (QED) is 0.569. The maximum Gasteiger partial charge on any atom is 0.363 e. The van der Waals surface area contributed by atoms with E-state index in [1.807, 2.05) is 30.3 Å². The Hall–Kier alpha value is -3.12. The van der Waals surface area contributed by atoms with Gasteiger partial charge in [-0.1, -0.05) is 18.2 Å². The zero-order chi connectivity index (χ0) is 17.6. The highest BCUT2D eigenvalue weighted by Gasteiger charge is 2.25. The summed E-state index contributed by atoms with van der Waals surface area (Å²) in [6.07, 6.45) is 3.63. The van der Waals surface area contributed by atoms with Gasteiger partial charge >= 0.3 is 5.82 Å². The SMILES string of the molecule is CC1(O)C=c2nc3ccccc3cc2=C(c2ccc([N+](=O)[O-])nc2)C1. The van der Waals surface area contributed by atoms with Crippen molar-refractivity contribution in [3.63, 3.8) is 0 Å². The van der Waals surface area contributed by atoms with Gasteiger partial charge in [0.25, 0.3) is 0 Å². The number of rotatable bonds is 2. The van der Waals surface area contributed by atoms with Gasteiger partial charge in [-0.15, -0.1) is 0 Å². The lowest BCUT2D eigenvalue weighted by Gasteiger charge is -2.24. The van der Waals surface area contributed by atoms with Crippen molar-refractivity contribution in [3.05, 3.63) is 74.9 Å². The van der Waals surface area contributed by atoms with Gasteiger partial charge in [-0.05, 0) is 46.7 Å². The second-order valence-electron chi connectivity index (χ2n) is 6.43. The molecule has 0 saturated carbocycles. The van der Waals surface area contributed by atoms with E-state index in [1.165, 1.54) is 12.3 Å². The number of hydrogen-bond donors (Lipinski definition) is 1. The first-order chi connectivity index (χ1) is 11.9. The molecule has 0 fully saturated rings. The normalized spacial score (nSPS) is 19.4. The average molecular weight is 333 g/mol. The molecule has 1 aromatic carbocycles. The van der Waals surface area contributed by atoms with E-state index in [9.17, 15) is 15.2 Å². The molecular weight excluding hydrogens is 318 g/mol. The predicted octanol–water partition coefficient (Wildman–Crippen LogP) is 1.67. The minimum absolute atomic E-state index is 0.199. The Bertz CT molecular complexity index is 1120. The Morgan fingerprint density at radius 2 is 2.04 bits per heavy atom. The molecule has 2 aromatic heterocycles. The van der Waals surface area contributed by atoms with Crippen LogP contribution in [0.4, 0.5) is 5.82 Å². The monoisotopic (exact) mass is 333 g/mol. The van der Waals surface area contributed by atoms with Gasteiger partial charge in [0.2, 0.25) is 0 Å². The number of benzene rings is 1. The summed E-state index contributed by atoms with van der Waals surface area (Å²) in [5.41, 5.74) is 1.44. The van der Waals surface area contributed by atoms with Crippen LogP contribution in [0.25, 0.3) is 22.6 Å². The summed E-state index contributed by atoms with van der Waals surface area (Å²) in [6, 6.07) is 12.9. The van der Waals surface area contributed by atoms with Crippen molar-refractivity contribution in [2.24, 2.45) is 0 Å². The van der Waals surface area contributed by atoms with Crippen molar-refractivity contribution in [3.8, 4) is 0 Å². The number of nitro groups is 1. The number of para-hydroxylation sites is 1. The fourth-order valence-corrected chi connectivity index (χ4v) is 3.21. The fraction of sp³-hybridized carbons (Fsp3) is 0.158. The van der Waals surface area contributed by atoms with E-state index in [0.717, 1.165) is 27.3 Å². The Labute approximate surface area is 142 Å². The molecule has 6 heteroatoms. The molecule has 4 rings (SSSR count). The molecule has 0 amide bonds. The summed E-state index contributed by atoms with van der Waals surface area (Å²) >= 11 is 0. The zero-order valence-corrected chi connectivity index (χ0v) is 13.5. The second-order valence-corrected chi connectivity index (χ2v) is 6.43. The van der Waals surface area contributed by atoms with Crippen molar-refractivity contribution >= 4 is 28.4 Å². The lowest BCUT2D eigenvalue weighted by molar-refractivity contribution is -0.389. The number of nitrogens with zero attached hydrogens (tertiary/aromatic N) is 3. The first-order valence-corrected chi connectivity index (χ1v) is 7.88. The molecule has 2 heterocycles. The highest BCUT2D eigenvalue weighted by molar-refractivity contribution is 5.81. The number of aliphatic hydroxyl groups is 1. The van der Waals surface area contributed by atoms with Gasteiger partial charge < -0.3 is 15.2 Å². The molecule has 1 unspecified atom stereocenters. The van der Waals surface area contributed by atoms with Crippen LogP contribution in [0.1, 0.15) is 18.9 Å². The van der Waals surface area contributed by atoms with Crippen LogP contribution in [0, 0.1) is 10.1 Å². The average Bonchev–Trinajstić information content (AvgIpc) is 2.59. The lowest BCUT2D eigenvalue weighted by atomic mass is 9.87. The maximum absolute atomic E-state index is 10.8. The van der Waals surface area contributed by atoms with Crippen LogP contribution in [-0.4, -0.2) is 25.6 Å². The van der Waals surface area contributed by atoms with Crippen molar-refractivity contribution in [2.75, 3.05) is 0 Å². The first-order valence-electron chi connectivity index (χ1n) is 7.88. The van der Waals surface area contributed by atoms with E-state index >= 15 is 0 Å². The zero-order valence-electron chi connectivity index (χ0n) is 13.5. The lowest BCUT2D eigenvalue weighted by Crippen LogP contribution is -2.41. The van der Waals surface area contributed by atoms with E-state index in [-0.39, 0.29) is 5.82 Å². The van der Waals surface area contributed by atoms with Crippen LogP contribution in [0.2, 0.25) is 0 Å². The van der Waals surface area contributed by atoms with E-state index in [0.29, 0.717) is 11.8 Å². The summed E-state index contributed by atoms with van der Waals surface area (Å²) in [5.74, 6) is -0.199. The van der Waals surface area contributed by atoms with Crippen molar-refractivity contribution in [1.82, 2.24) is 9.97 Å². The van der Waals surface area contributed by atoms with Crippen LogP contribution < -0.4 is 10.6 Å². The molecule has 0 bridgehead atoms. The fourth-order valence-electron chi connectivity index (χ4n) is 3.21. The molecule has 1 N–H and O–H groups in total. The molecule has 0 aliphatic heterocycles. The molecule has 0 spiro atoms. The van der Waals surface area contributed by atoms with E-state index in [1.54, 1.807) is 19.1 Å².